The summed E-state index contributed by atoms with van der Waals surface area (Å²) in [6, 6.07) is 16.8. The standard InChI is InChI=1S/C25H23Br2NO5/c1-14(2)18-13-22(16(10-21(18)29)9-15-7-5-4-6-8-15)33-23-19(26)11-17(12-20(23)27)28-24(30)25(31)32-3/h4-8,10-14,29H,9H2,1-3H3,(H,28,30). The number of anilines is 1. The molecule has 0 saturated carbocycles. The minimum atomic E-state index is -0.988. The molecule has 0 saturated heterocycles. The molecule has 3 rings (SSSR count). The van der Waals surface area contributed by atoms with Gasteiger partial charge in [-0.2, -0.15) is 0 Å². The Kier molecular flexibility index (Phi) is 8.15. The van der Waals surface area contributed by atoms with Crippen molar-refractivity contribution in [3.05, 3.63) is 80.2 Å². The number of hydrogen-bond donors (Lipinski definition) is 2. The Bertz CT molecular complexity index is 1160. The van der Waals surface area contributed by atoms with E-state index in [2.05, 4.69) is 41.9 Å². The van der Waals surface area contributed by atoms with Crippen molar-refractivity contribution >= 4 is 49.4 Å². The van der Waals surface area contributed by atoms with Crippen LogP contribution in [-0.4, -0.2) is 24.1 Å². The monoisotopic (exact) mass is 575 g/mol. The van der Waals surface area contributed by atoms with E-state index < -0.39 is 11.9 Å². The normalized spacial score (nSPS) is 10.7. The predicted octanol–water partition coefficient (Wildman–Crippen LogP) is 6.54. The molecule has 0 fully saturated rings. The molecule has 3 aromatic carbocycles. The molecule has 172 valence electrons. The Hall–Kier alpha value is -2.84. The number of ether oxygens (including phenoxy) is 2. The van der Waals surface area contributed by atoms with E-state index in [0.29, 0.717) is 32.6 Å². The fraction of sp³-hybridized carbons (Fsp3) is 0.200. The number of carbonyl (C=O) groups excluding carboxylic acids is 2. The van der Waals surface area contributed by atoms with Crippen molar-refractivity contribution in [1.29, 1.82) is 0 Å². The summed E-state index contributed by atoms with van der Waals surface area (Å²) in [7, 11) is 1.14. The second kappa shape index (κ2) is 10.9. The number of nitrogens with one attached hydrogen (secondary N) is 1. The molecule has 2 N–H and O–H groups in total. The molecule has 0 atom stereocenters. The molecule has 0 spiro atoms. The van der Waals surface area contributed by atoms with Crippen molar-refractivity contribution in [2.24, 2.45) is 0 Å². The lowest BCUT2D eigenvalue weighted by molar-refractivity contribution is -0.150. The second-order valence-corrected chi connectivity index (χ2v) is 9.36. The Morgan fingerprint density at radius 2 is 1.67 bits per heavy atom. The van der Waals surface area contributed by atoms with Crippen LogP contribution in [0.2, 0.25) is 0 Å². The highest BCUT2D eigenvalue weighted by atomic mass is 79.9. The number of phenols is 1. The molecule has 33 heavy (non-hydrogen) atoms. The first-order valence-electron chi connectivity index (χ1n) is 10.2. The largest absolute Gasteiger partial charge is 0.508 e. The summed E-state index contributed by atoms with van der Waals surface area (Å²) < 4.78 is 11.9. The molecule has 0 aliphatic heterocycles. The lowest BCUT2D eigenvalue weighted by Gasteiger charge is -2.18. The van der Waals surface area contributed by atoms with E-state index in [9.17, 15) is 14.7 Å². The predicted molar refractivity (Wildman–Crippen MR) is 134 cm³/mol. The van der Waals surface area contributed by atoms with Crippen LogP contribution in [0.4, 0.5) is 5.69 Å². The molecule has 0 aliphatic rings. The molecular formula is C25H23Br2NO5. The van der Waals surface area contributed by atoms with Crippen LogP contribution in [0.5, 0.6) is 17.2 Å². The summed E-state index contributed by atoms with van der Waals surface area (Å²) in [5.41, 5.74) is 3.06. The quantitative estimate of drug-likeness (QED) is 0.257. The molecule has 0 unspecified atom stereocenters. The average molecular weight is 577 g/mol. The van der Waals surface area contributed by atoms with E-state index in [1.807, 2.05) is 50.2 Å². The maximum absolute atomic E-state index is 11.8. The van der Waals surface area contributed by atoms with Crippen LogP contribution in [0.25, 0.3) is 0 Å². The van der Waals surface area contributed by atoms with Gasteiger partial charge in [-0.1, -0.05) is 44.2 Å². The third-order valence-electron chi connectivity index (χ3n) is 4.91. The number of carbonyl (C=O) groups is 2. The Balaban J connectivity index is 1.98. The van der Waals surface area contributed by atoms with Gasteiger partial charge in [0.1, 0.15) is 11.5 Å². The van der Waals surface area contributed by atoms with Gasteiger partial charge in [-0.3, -0.25) is 4.79 Å². The molecule has 0 heterocycles. The topological polar surface area (TPSA) is 84.9 Å². The number of amides is 1. The van der Waals surface area contributed by atoms with Crippen LogP contribution in [0.1, 0.15) is 36.5 Å². The van der Waals surface area contributed by atoms with Gasteiger partial charge in [0.05, 0.1) is 16.1 Å². The molecule has 0 aromatic heterocycles. The Morgan fingerprint density at radius 3 is 2.24 bits per heavy atom. The maximum atomic E-state index is 11.8. The third kappa shape index (κ3) is 6.15. The zero-order valence-electron chi connectivity index (χ0n) is 18.3. The van der Waals surface area contributed by atoms with Crippen LogP contribution >= 0.6 is 31.9 Å². The summed E-state index contributed by atoms with van der Waals surface area (Å²) in [6.45, 7) is 4.00. The highest BCUT2D eigenvalue weighted by Gasteiger charge is 2.19. The second-order valence-electron chi connectivity index (χ2n) is 7.65. The third-order valence-corrected chi connectivity index (χ3v) is 6.09. The minimum Gasteiger partial charge on any atom is -0.508 e. The van der Waals surface area contributed by atoms with E-state index in [0.717, 1.165) is 23.8 Å². The minimum absolute atomic E-state index is 0.0981. The molecule has 3 aromatic rings. The number of hydrogen-bond acceptors (Lipinski definition) is 5. The van der Waals surface area contributed by atoms with E-state index >= 15 is 0 Å². The Labute approximate surface area is 209 Å². The number of aromatic hydroxyl groups is 1. The lowest BCUT2D eigenvalue weighted by Crippen LogP contribution is -2.23. The number of rotatable bonds is 6. The van der Waals surface area contributed by atoms with Crippen LogP contribution in [0, 0.1) is 0 Å². The smallest absolute Gasteiger partial charge is 0.396 e. The van der Waals surface area contributed by atoms with Gasteiger partial charge in [-0.15, -0.1) is 0 Å². The number of methoxy groups -OCH3 is 1. The van der Waals surface area contributed by atoms with Gasteiger partial charge in [0.2, 0.25) is 0 Å². The van der Waals surface area contributed by atoms with Crippen LogP contribution in [0.15, 0.2) is 63.5 Å². The summed E-state index contributed by atoms with van der Waals surface area (Å²) in [6.07, 6.45) is 0.574. The fourth-order valence-corrected chi connectivity index (χ4v) is 4.60. The van der Waals surface area contributed by atoms with Crippen LogP contribution in [-0.2, 0) is 20.7 Å². The first-order chi connectivity index (χ1) is 15.7. The van der Waals surface area contributed by atoms with Crippen LogP contribution in [0.3, 0.4) is 0 Å². The highest BCUT2D eigenvalue weighted by molar-refractivity contribution is 9.11. The van der Waals surface area contributed by atoms with Crippen molar-refractivity contribution in [1.82, 2.24) is 0 Å². The van der Waals surface area contributed by atoms with Gasteiger partial charge in [0, 0.05) is 23.2 Å². The van der Waals surface area contributed by atoms with Gasteiger partial charge < -0.3 is 19.9 Å². The highest BCUT2D eigenvalue weighted by Crippen LogP contribution is 2.42. The number of esters is 1. The van der Waals surface area contributed by atoms with Gasteiger partial charge >= 0.3 is 11.9 Å². The zero-order chi connectivity index (χ0) is 24.1. The maximum Gasteiger partial charge on any atom is 0.396 e. The molecule has 0 radical (unpaired) electrons. The lowest BCUT2D eigenvalue weighted by atomic mass is 9.96. The van der Waals surface area contributed by atoms with Crippen LogP contribution < -0.4 is 10.1 Å². The summed E-state index contributed by atoms with van der Waals surface area (Å²) in [4.78, 5) is 23.2. The average Bonchev–Trinajstić information content (AvgIpc) is 2.77. The van der Waals surface area contributed by atoms with E-state index in [-0.39, 0.29) is 11.7 Å². The number of phenolic OH excluding ortho intramolecular Hbond substituents is 1. The zero-order valence-corrected chi connectivity index (χ0v) is 21.5. The summed E-state index contributed by atoms with van der Waals surface area (Å²) in [5, 5.41) is 13.1. The van der Waals surface area contributed by atoms with Gasteiger partial charge in [-0.05, 0) is 67.6 Å². The van der Waals surface area contributed by atoms with Gasteiger partial charge in [0.25, 0.3) is 0 Å². The van der Waals surface area contributed by atoms with Crippen molar-refractivity contribution in [2.45, 2.75) is 26.2 Å². The van der Waals surface area contributed by atoms with Crippen molar-refractivity contribution in [3.63, 3.8) is 0 Å². The molecule has 6 nitrogen and oxygen atoms in total. The number of halogens is 2. The van der Waals surface area contributed by atoms with Crippen molar-refractivity contribution in [2.75, 3.05) is 12.4 Å². The van der Waals surface area contributed by atoms with Crippen molar-refractivity contribution in [3.8, 4) is 17.2 Å². The van der Waals surface area contributed by atoms with E-state index in [1.54, 1.807) is 18.2 Å². The first-order valence-corrected chi connectivity index (χ1v) is 11.7. The summed E-state index contributed by atoms with van der Waals surface area (Å²) in [5.74, 6) is -0.453. The van der Waals surface area contributed by atoms with E-state index in [4.69, 9.17) is 4.74 Å². The molecule has 0 bridgehead atoms. The van der Waals surface area contributed by atoms with Gasteiger partial charge in [0.15, 0.2) is 5.75 Å². The molecular weight excluding hydrogens is 554 g/mol. The summed E-state index contributed by atoms with van der Waals surface area (Å²) >= 11 is 6.96. The fourth-order valence-electron chi connectivity index (χ4n) is 3.25. The van der Waals surface area contributed by atoms with Gasteiger partial charge in [-0.25, -0.2) is 4.79 Å². The van der Waals surface area contributed by atoms with E-state index in [1.165, 1.54) is 0 Å². The Morgan fingerprint density at radius 1 is 1.03 bits per heavy atom. The molecule has 1 amide bonds. The number of benzene rings is 3. The van der Waals surface area contributed by atoms with Crippen molar-refractivity contribution < 1.29 is 24.2 Å². The SMILES string of the molecule is COC(=O)C(=O)Nc1cc(Br)c(Oc2cc(C(C)C)c(O)cc2Cc2ccccc2)c(Br)c1. The first kappa shape index (κ1) is 24.8. The molecule has 0 aliphatic carbocycles. The molecule has 8 heteroatoms.